The van der Waals surface area contributed by atoms with Crippen LogP contribution < -0.4 is 0 Å². The minimum Gasteiger partial charge on any atom is -0.303 e. The number of alkyl halides is 1. The van der Waals surface area contributed by atoms with Crippen LogP contribution in [0.15, 0.2) is 0 Å². The molecule has 0 aromatic heterocycles. The molecule has 0 saturated carbocycles. The van der Waals surface area contributed by atoms with Gasteiger partial charge in [0.1, 0.15) is 0 Å². The second-order valence-corrected chi connectivity index (χ2v) is 4.12. The van der Waals surface area contributed by atoms with Gasteiger partial charge in [-0.1, -0.05) is 22.6 Å². The molecular formula is C6H13IN2. The summed E-state index contributed by atoms with van der Waals surface area (Å²) in [5.74, 6) is 0. The normalized spacial score (nSPS) is 33.0. The van der Waals surface area contributed by atoms with Crippen LogP contribution in [0, 0.1) is 0 Å². The fourth-order valence-electron chi connectivity index (χ4n) is 0.956. The van der Waals surface area contributed by atoms with Crippen LogP contribution in [0.2, 0.25) is 0 Å². The molecule has 0 spiro atoms. The quantitative estimate of drug-likeness (QED) is 0.348. The Labute approximate surface area is 70.3 Å². The lowest BCUT2D eigenvalue weighted by molar-refractivity contribution is 0.170. The van der Waals surface area contributed by atoms with E-state index in [1.54, 1.807) is 0 Å². The first kappa shape index (κ1) is 7.75. The first-order chi connectivity index (χ1) is 4.20. The van der Waals surface area contributed by atoms with Gasteiger partial charge in [0.05, 0.1) is 4.05 Å². The van der Waals surface area contributed by atoms with Crippen LogP contribution >= 0.6 is 22.6 Å². The largest absolute Gasteiger partial charge is 0.303 e. The Kier molecular flexibility index (Phi) is 2.73. The van der Waals surface area contributed by atoms with E-state index in [-0.39, 0.29) is 0 Å². The highest BCUT2D eigenvalue weighted by atomic mass is 127. The molecule has 1 aliphatic rings. The average Bonchev–Trinajstić information content (AvgIpc) is 1.80. The zero-order valence-corrected chi connectivity index (χ0v) is 8.13. The number of hydrogen-bond donors (Lipinski definition) is 0. The van der Waals surface area contributed by atoms with Crippen LogP contribution in [0.5, 0.6) is 0 Å². The Bertz CT molecular complexity index is 97.1. The summed E-state index contributed by atoms with van der Waals surface area (Å²) in [4.78, 5) is 4.76. The van der Waals surface area contributed by atoms with Crippen molar-refractivity contribution in [2.75, 3.05) is 33.7 Å². The summed E-state index contributed by atoms with van der Waals surface area (Å²) in [6.45, 7) is 3.64. The summed E-state index contributed by atoms with van der Waals surface area (Å²) in [6, 6.07) is 0. The molecule has 9 heavy (non-hydrogen) atoms. The van der Waals surface area contributed by atoms with Crippen molar-refractivity contribution in [2.45, 2.75) is 4.05 Å². The number of halogens is 1. The first-order valence-corrected chi connectivity index (χ1v) is 4.47. The second-order valence-electron chi connectivity index (χ2n) is 2.68. The van der Waals surface area contributed by atoms with Crippen LogP contribution in [-0.2, 0) is 0 Å². The Morgan fingerprint density at radius 2 is 2.00 bits per heavy atom. The summed E-state index contributed by atoms with van der Waals surface area (Å²) < 4.78 is 0.710. The highest BCUT2D eigenvalue weighted by molar-refractivity contribution is 14.1. The van der Waals surface area contributed by atoms with Crippen LogP contribution in [0.4, 0.5) is 0 Å². The number of hydrogen-bond acceptors (Lipinski definition) is 2. The van der Waals surface area contributed by atoms with Crippen molar-refractivity contribution in [2.24, 2.45) is 0 Å². The third-order valence-electron chi connectivity index (χ3n) is 1.78. The van der Waals surface area contributed by atoms with Gasteiger partial charge in [-0.15, -0.1) is 0 Å². The Balaban J connectivity index is 2.35. The van der Waals surface area contributed by atoms with Gasteiger partial charge < -0.3 is 4.90 Å². The van der Waals surface area contributed by atoms with E-state index in [1.165, 1.54) is 19.6 Å². The fraction of sp³-hybridized carbons (Fsp3) is 1.00. The molecule has 0 N–H and O–H groups in total. The minimum atomic E-state index is 0.710. The molecule has 1 heterocycles. The predicted molar refractivity (Wildman–Crippen MR) is 47.9 cm³/mol. The second kappa shape index (κ2) is 3.16. The molecule has 54 valence electrons. The highest BCUT2D eigenvalue weighted by Gasteiger charge is 2.18. The molecule has 0 radical (unpaired) electrons. The lowest BCUT2D eigenvalue weighted by atomic mass is 10.4. The average molecular weight is 240 g/mol. The fourth-order valence-corrected chi connectivity index (χ4v) is 1.91. The third-order valence-corrected chi connectivity index (χ3v) is 3.12. The van der Waals surface area contributed by atoms with Crippen molar-refractivity contribution in [3.8, 4) is 0 Å². The van der Waals surface area contributed by atoms with Crippen molar-refractivity contribution in [1.82, 2.24) is 9.80 Å². The van der Waals surface area contributed by atoms with E-state index >= 15 is 0 Å². The third kappa shape index (κ3) is 2.05. The first-order valence-electron chi connectivity index (χ1n) is 3.23. The number of nitrogens with zero attached hydrogens (tertiary/aromatic N) is 2. The van der Waals surface area contributed by atoms with E-state index in [0.717, 1.165) is 0 Å². The van der Waals surface area contributed by atoms with Gasteiger partial charge in [-0.2, -0.15) is 0 Å². The molecule has 0 amide bonds. The molecule has 0 aromatic carbocycles. The molecular weight excluding hydrogens is 227 g/mol. The predicted octanol–water partition coefficient (Wildman–Crippen LogP) is 0.625. The molecule has 1 unspecified atom stereocenters. The van der Waals surface area contributed by atoms with Gasteiger partial charge in [-0.25, -0.2) is 0 Å². The molecule has 1 aliphatic heterocycles. The van der Waals surface area contributed by atoms with Crippen LogP contribution in [0.3, 0.4) is 0 Å². The Hall–Kier alpha value is 0.650. The highest BCUT2D eigenvalue weighted by Crippen LogP contribution is 2.11. The minimum absolute atomic E-state index is 0.710. The van der Waals surface area contributed by atoms with Crippen molar-refractivity contribution in [1.29, 1.82) is 0 Å². The molecule has 1 fully saturated rings. The summed E-state index contributed by atoms with van der Waals surface area (Å²) in [6.07, 6.45) is 0. The van der Waals surface area contributed by atoms with E-state index in [9.17, 15) is 0 Å². The molecule has 1 atom stereocenters. The SMILES string of the molecule is CN1CCN(C)C(I)C1. The van der Waals surface area contributed by atoms with Gasteiger partial charge in [0.25, 0.3) is 0 Å². The van der Waals surface area contributed by atoms with E-state index in [0.29, 0.717) is 4.05 Å². The molecule has 2 nitrogen and oxygen atoms in total. The Morgan fingerprint density at radius 3 is 2.44 bits per heavy atom. The standard InChI is InChI=1S/C6H13IN2/c1-8-3-4-9(2)6(7)5-8/h6H,3-5H2,1-2H3. The Morgan fingerprint density at radius 1 is 1.33 bits per heavy atom. The maximum absolute atomic E-state index is 2.48. The van der Waals surface area contributed by atoms with Crippen LogP contribution in [0.1, 0.15) is 0 Å². The lowest BCUT2D eigenvalue weighted by Gasteiger charge is -2.34. The van der Waals surface area contributed by atoms with Crippen molar-refractivity contribution in [3.05, 3.63) is 0 Å². The van der Waals surface area contributed by atoms with Crippen LogP contribution in [0.25, 0.3) is 0 Å². The molecule has 0 aliphatic carbocycles. The smallest absolute Gasteiger partial charge is 0.0745 e. The van der Waals surface area contributed by atoms with E-state index in [1.807, 2.05) is 0 Å². The summed E-state index contributed by atoms with van der Waals surface area (Å²) in [5, 5.41) is 0. The lowest BCUT2D eigenvalue weighted by Crippen LogP contribution is -2.46. The van der Waals surface area contributed by atoms with Gasteiger partial charge >= 0.3 is 0 Å². The molecule has 1 saturated heterocycles. The van der Waals surface area contributed by atoms with Gasteiger partial charge in [0.15, 0.2) is 0 Å². The monoisotopic (exact) mass is 240 g/mol. The molecule has 0 bridgehead atoms. The van der Waals surface area contributed by atoms with E-state index in [2.05, 4.69) is 46.5 Å². The van der Waals surface area contributed by atoms with E-state index < -0.39 is 0 Å². The number of piperazine rings is 1. The maximum atomic E-state index is 2.48. The van der Waals surface area contributed by atoms with Gasteiger partial charge in [-0.3, -0.25) is 4.90 Å². The summed E-state index contributed by atoms with van der Waals surface area (Å²) in [7, 11) is 4.36. The summed E-state index contributed by atoms with van der Waals surface area (Å²) >= 11 is 2.48. The zero-order valence-electron chi connectivity index (χ0n) is 5.97. The van der Waals surface area contributed by atoms with E-state index in [4.69, 9.17) is 0 Å². The van der Waals surface area contributed by atoms with Crippen LogP contribution in [-0.4, -0.2) is 47.6 Å². The van der Waals surface area contributed by atoms with Crippen molar-refractivity contribution < 1.29 is 0 Å². The number of rotatable bonds is 0. The van der Waals surface area contributed by atoms with Gasteiger partial charge in [-0.05, 0) is 14.1 Å². The summed E-state index contributed by atoms with van der Waals surface area (Å²) in [5.41, 5.74) is 0. The topological polar surface area (TPSA) is 6.48 Å². The van der Waals surface area contributed by atoms with Gasteiger partial charge in [0.2, 0.25) is 0 Å². The van der Waals surface area contributed by atoms with Crippen molar-refractivity contribution in [3.63, 3.8) is 0 Å². The molecule has 3 heteroatoms. The van der Waals surface area contributed by atoms with Crippen molar-refractivity contribution >= 4 is 22.6 Å². The number of likely N-dealkylation sites (N-methyl/N-ethyl adjacent to an activating group) is 2. The maximum Gasteiger partial charge on any atom is 0.0745 e. The van der Waals surface area contributed by atoms with Gasteiger partial charge in [0, 0.05) is 19.6 Å². The zero-order chi connectivity index (χ0) is 6.85. The molecule has 1 rings (SSSR count). The molecule has 0 aromatic rings.